The minimum absolute atomic E-state index is 0.101. The van der Waals surface area contributed by atoms with Crippen LogP contribution in [-0.2, 0) is 0 Å². The first-order chi connectivity index (χ1) is 13.1. The van der Waals surface area contributed by atoms with E-state index in [1.165, 1.54) is 12.4 Å². The first kappa shape index (κ1) is 17.5. The molecular weight excluding hydrogens is 362 g/mol. The zero-order chi connectivity index (χ0) is 18.8. The van der Waals surface area contributed by atoms with Gasteiger partial charge in [0.25, 0.3) is 5.91 Å². The Labute approximate surface area is 160 Å². The van der Waals surface area contributed by atoms with Crippen LogP contribution in [0.1, 0.15) is 39.2 Å². The van der Waals surface area contributed by atoms with Gasteiger partial charge in [-0.1, -0.05) is 0 Å². The highest BCUT2D eigenvalue weighted by atomic mass is 32.1. The molecule has 1 atom stereocenters. The lowest BCUT2D eigenvalue weighted by molar-refractivity contribution is 0.0784. The summed E-state index contributed by atoms with van der Waals surface area (Å²) >= 11 is 1.58. The largest absolute Gasteiger partial charge is 0.337 e. The van der Waals surface area contributed by atoms with Gasteiger partial charge in [-0.2, -0.15) is 0 Å². The molecule has 1 saturated heterocycles. The molecule has 3 aromatic heterocycles. The van der Waals surface area contributed by atoms with Crippen LogP contribution in [0.25, 0.3) is 0 Å². The van der Waals surface area contributed by atoms with E-state index in [2.05, 4.69) is 30.2 Å². The van der Waals surface area contributed by atoms with Crippen LogP contribution in [0.2, 0.25) is 0 Å². The first-order valence-electron chi connectivity index (χ1n) is 8.69. The number of nitrogens with zero attached hydrogens (tertiary/aromatic N) is 6. The maximum atomic E-state index is 12.6. The molecule has 138 valence electrons. The Morgan fingerprint density at radius 3 is 2.85 bits per heavy atom. The first-order valence-corrected chi connectivity index (χ1v) is 9.50. The number of aromatic nitrogens is 5. The van der Waals surface area contributed by atoms with Gasteiger partial charge in [0.2, 0.25) is 0 Å². The number of aryl methyl sites for hydroxylation is 2. The van der Waals surface area contributed by atoms with Crippen molar-refractivity contribution in [1.82, 2.24) is 29.8 Å². The maximum Gasteiger partial charge on any atom is 0.274 e. The second-order valence-corrected chi connectivity index (χ2v) is 7.72. The van der Waals surface area contributed by atoms with Crippen LogP contribution in [0.3, 0.4) is 0 Å². The SMILES string of the molecule is Cc1cc(Nc2ncc(C)s2)nc(C2CCN(C(=O)c3cnccn3)C2)n1. The minimum Gasteiger partial charge on any atom is -0.337 e. The zero-order valence-corrected chi connectivity index (χ0v) is 15.9. The molecule has 0 bridgehead atoms. The van der Waals surface area contributed by atoms with Crippen LogP contribution >= 0.6 is 11.3 Å². The number of anilines is 2. The number of hydrogen-bond acceptors (Lipinski definition) is 8. The van der Waals surface area contributed by atoms with E-state index in [-0.39, 0.29) is 11.8 Å². The van der Waals surface area contributed by atoms with Crippen LogP contribution in [0, 0.1) is 13.8 Å². The number of rotatable bonds is 4. The minimum atomic E-state index is -0.102. The fourth-order valence-corrected chi connectivity index (χ4v) is 3.76. The van der Waals surface area contributed by atoms with E-state index in [0.717, 1.165) is 33.8 Å². The fraction of sp³-hybridized carbons (Fsp3) is 0.333. The number of likely N-dealkylation sites (tertiary alicyclic amines) is 1. The third-order valence-electron chi connectivity index (χ3n) is 4.35. The van der Waals surface area contributed by atoms with Gasteiger partial charge >= 0.3 is 0 Å². The summed E-state index contributed by atoms with van der Waals surface area (Å²) in [4.78, 5) is 37.1. The molecule has 1 fully saturated rings. The third-order valence-corrected chi connectivity index (χ3v) is 5.18. The van der Waals surface area contributed by atoms with Crippen molar-refractivity contribution in [2.24, 2.45) is 0 Å². The van der Waals surface area contributed by atoms with Crippen molar-refractivity contribution in [3.63, 3.8) is 0 Å². The normalized spacial score (nSPS) is 16.5. The zero-order valence-electron chi connectivity index (χ0n) is 15.1. The molecule has 0 radical (unpaired) electrons. The van der Waals surface area contributed by atoms with Crippen molar-refractivity contribution in [3.8, 4) is 0 Å². The Balaban J connectivity index is 1.49. The van der Waals surface area contributed by atoms with E-state index in [4.69, 9.17) is 0 Å². The Hall–Kier alpha value is -2.94. The van der Waals surface area contributed by atoms with Crippen LogP contribution in [0.4, 0.5) is 10.9 Å². The fourth-order valence-electron chi connectivity index (χ4n) is 3.09. The number of thiazole rings is 1. The quantitative estimate of drug-likeness (QED) is 0.742. The van der Waals surface area contributed by atoms with E-state index in [0.29, 0.717) is 18.8 Å². The van der Waals surface area contributed by atoms with Gasteiger partial charge in [-0.25, -0.2) is 19.9 Å². The maximum absolute atomic E-state index is 12.6. The summed E-state index contributed by atoms with van der Waals surface area (Å²) in [5.41, 5.74) is 1.25. The molecular formula is C18H19N7OS. The molecule has 0 saturated carbocycles. The smallest absolute Gasteiger partial charge is 0.274 e. The van der Waals surface area contributed by atoms with Crippen molar-refractivity contribution in [2.75, 3.05) is 18.4 Å². The predicted molar refractivity (Wildman–Crippen MR) is 102 cm³/mol. The Morgan fingerprint density at radius 1 is 1.22 bits per heavy atom. The van der Waals surface area contributed by atoms with Crippen LogP contribution < -0.4 is 5.32 Å². The van der Waals surface area contributed by atoms with Crippen molar-refractivity contribution >= 4 is 28.2 Å². The summed E-state index contributed by atoms with van der Waals surface area (Å²) < 4.78 is 0. The molecule has 0 aromatic carbocycles. The van der Waals surface area contributed by atoms with Gasteiger partial charge in [-0.15, -0.1) is 11.3 Å². The summed E-state index contributed by atoms with van der Waals surface area (Å²) in [7, 11) is 0. The van der Waals surface area contributed by atoms with E-state index in [1.807, 2.05) is 26.1 Å². The average Bonchev–Trinajstić information content (AvgIpc) is 3.31. The number of carbonyl (C=O) groups excluding carboxylic acids is 1. The molecule has 0 spiro atoms. The Kier molecular flexibility index (Phi) is 4.76. The molecule has 1 aliphatic rings. The van der Waals surface area contributed by atoms with Crippen molar-refractivity contribution < 1.29 is 4.79 Å². The van der Waals surface area contributed by atoms with Gasteiger partial charge in [0.15, 0.2) is 5.13 Å². The van der Waals surface area contributed by atoms with Crippen LogP contribution in [0.15, 0.2) is 30.9 Å². The van der Waals surface area contributed by atoms with Gasteiger partial charge in [0, 0.05) is 54.2 Å². The molecule has 27 heavy (non-hydrogen) atoms. The summed E-state index contributed by atoms with van der Waals surface area (Å²) in [6.07, 6.45) is 7.24. The molecule has 1 amide bonds. The van der Waals surface area contributed by atoms with E-state index in [1.54, 1.807) is 22.4 Å². The lowest BCUT2D eigenvalue weighted by Gasteiger charge is -2.16. The standard InChI is InChI=1S/C18H19N7OS/c1-11-7-15(24-18-21-8-12(2)27-18)23-16(22-11)13-3-6-25(10-13)17(26)14-9-19-4-5-20-14/h4-5,7-9,13H,3,6,10H2,1-2H3,(H,21,22,23,24). The number of carbonyl (C=O) groups is 1. The Morgan fingerprint density at radius 2 is 2.11 bits per heavy atom. The molecule has 0 aliphatic carbocycles. The lowest BCUT2D eigenvalue weighted by Crippen LogP contribution is -2.29. The van der Waals surface area contributed by atoms with Crippen molar-refractivity contribution in [2.45, 2.75) is 26.2 Å². The molecule has 1 aliphatic heterocycles. The average molecular weight is 381 g/mol. The summed E-state index contributed by atoms with van der Waals surface area (Å²) in [5.74, 6) is 1.48. The summed E-state index contributed by atoms with van der Waals surface area (Å²) in [6, 6.07) is 1.90. The molecule has 1 N–H and O–H groups in total. The van der Waals surface area contributed by atoms with Crippen LogP contribution in [-0.4, -0.2) is 48.8 Å². The predicted octanol–water partition coefficient (Wildman–Crippen LogP) is 2.71. The van der Waals surface area contributed by atoms with Crippen LogP contribution in [0.5, 0.6) is 0 Å². The Bertz CT molecular complexity index is 959. The van der Waals surface area contributed by atoms with Gasteiger partial charge in [-0.05, 0) is 20.3 Å². The topological polar surface area (TPSA) is 96.8 Å². The van der Waals surface area contributed by atoms with Crippen molar-refractivity contribution in [1.29, 1.82) is 0 Å². The molecule has 9 heteroatoms. The third kappa shape index (κ3) is 3.92. The van der Waals surface area contributed by atoms with Gasteiger partial charge in [-0.3, -0.25) is 9.78 Å². The molecule has 8 nitrogen and oxygen atoms in total. The number of amides is 1. The second kappa shape index (κ2) is 7.36. The van der Waals surface area contributed by atoms with Gasteiger partial charge in [0.05, 0.1) is 6.20 Å². The summed E-state index contributed by atoms with van der Waals surface area (Å²) in [5, 5.41) is 4.05. The van der Waals surface area contributed by atoms with E-state index < -0.39 is 0 Å². The van der Waals surface area contributed by atoms with E-state index >= 15 is 0 Å². The number of hydrogen-bond donors (Lipinski definition) is 1. The monoisotopic (exact) mass is 381 g/mol. The van der Waals surface area contributed by atoms with Gasteiger partial charge in [0.1, 0.15) is 17.3 Å². The molecule has 1 unspecified atom stereocenters. The summed E-state index contributed by atoms with van der Waals surface area (Å²) in [6.45, 7) is 5.20. The lowest BCUT2D eigenvalue weighted by atomic mass is 10.1. The number of nitrogens with one attached hydrogen (secondary N) is 1. The van der Waals surface area contributed by atoms with Gasteiger partial charge < -0.3 is 10.2 Å². The molecule has 3 aromatic rings. The highest BCUT2D eigenvalue weighted by molar-refractivity contribution is 7.15. The molecule has 4 heterocycles. The second-order valence-electron chi connectivity index (χ2n) is 6.48. The van der Waals surface area contributed by atoms with Crippen molar-refractivity contribution in [3.05, 3.63) is 52.9 Å². The van der Waals surface area contributed by atoms with E-state index in [9.17, 15) is 4.79 Å². The molecule has 4 rings (SSSR count). The highest BCUT2D eigenvalue weighted by Gasteiger charge is 2.30. The highest BCUT2D eigenvalue weighted by Crippen LogP contribution is 2.28.